The van der Waals surface area contributed by atoms with Crippen molar-refractivity contribution in [2.24, 2.45) is 0 Å². The van der Waals surface area contributed by atoms with E-state index in [1.807, 2.05) is 12.2 Å². The normalized spacial score (nSPS) is 14.7. The maximum atomic E-state index is 12.3. The number of phosphoric acid groups is 1. The van der Waals surface area contributed by atoms with Crippen LogP contribution in [-0.4, -0.2) is 64.9 Å². The second-order valence-electron chi connectivity index (χ2n) is 14.5. The number of ether oxygens (including phenoxy) is 1. The minimum absolute atomic E-state index is 0.0573. The quantitative estimate of drug-likeness (QED) is 0.0201. The first-order valence-corrected chi connectivity index (χ1v) is 23.9. The minimum Gasteiger partial charge on any atom is -0.480 e. The summed E-state index contributed by atoms with van der Waals surface area (Å²) in [6, 6.07) is -1.59. The number of hydrogen-bond donors (Lipinski definition) is 4. The molecule has 0 fully saturated rings. The van der Waals surface area contributed by atoms with Gasteiger partial charge in [0, 0.05) is 12.8 Å². The molecule has 0 radical (unpaired) electrons. The minimum atomic E-state index is -4.78. The third-order valence-electron chi connectivity index (χ3n) is 8.80. The third-order valence-corrected chi connectivity index (χ3v) is 9.75. The van der Waals surface area contributed by atoms with Crippen LogP contribution in [0.3, 0.4) is 0 Å². The Hall–Kier alpha value is -3.86. The molecule has 4 N–H and O–H groups in total. The van der Waals surface area contributed by atoms with Crippen LogP contribution in [0.1, 0.15) is 149 Å². The van der Waals surface area contributed by atoms with Crippen molar-refractivity contribution in [1.82, 2.24) is 5.32 Å². The van der Waals surface area contributed by atoms with Crippen molar-refractivity contribution in [2.45, 2.75) is 161 Å². The fourth-order valence-electron chi connectivity index (χ4n) is 5.32. The number of hydrogen-bond acceptors (Lipinski definition) is 8. The molecular weight excluding hydrogens is 794 g/mol. The monoisotopic (exact) mass is 872 g/mol. The number of carbonyl (C=O) groups is 3. The largest absolute Gasteiger partial charge is 0.480 e. The van der Waals surface area contributed by atoms with E-state index >= 15 is 0 Å². The first kappa shape index (κ1) is 57.1. The van der Waals surface area contributed by atoms with Gasteiger partial charge in [-0.15, -0.1) is 0 Å². The molecule has 11 nitrogen and oxygen atoms in total. The first-order chi connectivity index (χ1) is 29.6. The number of carbonyl (C=O) groups excluding carboxylic acids is 2. The number of carboxylic acid groups (broad SMARTS) is 1. The van der Waals surface area contributed by atoms with Gasteiger partial charge in [-0.05, 0) is 89.9 Å². The summed E-state index contributed by atoms with van der Waals surface area (Å²) in [5.74, 6) is -2.49. The van der Waals surface area contributed by atoms with Crippen molar-refractivity contribution in [3.8, 4) is 0 Å². The van der Waals surface area contributed by atoms with E-state index in [2.05, 4.69) is 116 Å². The van der Waals surface area contributed by atoms with E-state index < -0.39 is 57.6 Å². The number of aliphatic carboxylic acids is 1. The fourth-order valence-corrected chi connectivity index (χ4v) is 6.09. The molecule has 3 atom stereocenters. The lowest BCUT2D eigenvalue weighted by Crippen LogP contribution is -2.43. The Morgan fingerprint density at radius 1 is 0.541 bits per heavy atom. The first-order valence-electron chi connectivity index (χ1n) is 22.4. The van der Waals surface area contributed by atoms with Gasteiger partial charge in [0.15, 0.2) is 6.04 Å². The number of amides is 1. The summed E-state index contributed by atoms with van der Waals surface area (Å²) in [5, 5.41) is 21.8. The lowest BCUT2D eigenvalue weighted by atomic mass is 10.1. The second kappa shape index (κ2) is 42.8. The molecule has 61 heavy (non-hydrogen) atoms. The average Bonchev–Trinajstić information content (AvgIpc) is 3.24. The molecule has 0 spiro atoms. The Morgan fingerprint density at radius 3 is 1.46 bits per heavy atom. The molecule has 0 saturated carbocycles. The molecule has 0 saturated heterocycles. The average molecular weight is 872 g/mol. The molecule has 0 heterocycles. The van der Waals surface area contributed by atoms with Gasteiger partial charge in [-0.3, -0.25) is 18.6 Å². The molecule has 0 aliphatic heterocycles. The number of rotatable bonds is 40. The van der Waals surface area contributed by atoms with Gasteiger partial charge in [-0.25, -0.2) is 9.36 Å². The number of nitrogens with one attached hydrogen (secondary N) is 1. The zero-order chi connectivity index (χ0) is 44.9. The lowest BCUT2D eigenvalue weighted by Gasteiger charge is -2.18. The van der Waals surface area contributed by atoms with E-state index in [9.17, 15) is 34.1 Å². The van der Waals surface area contributed by atoms with Gasteiger partial charge >= 0.3 is 19.8 Å². The molecule has 1 amide bonds. The van der Waals surface area contributed by atoms with E-state index in [1.54, 1.807) is 0 Å². The summed E-state index contributed by atoms with van der Waals surface area (Å²) in [7, 11) is -4.78. The standard InChI is InChI=1S/C49H78NO10P/c1-3-5-7-9-11-13-15-17-19-20-21-22-23-24-25-26-27-28-30-32-34-36-38-40-47(52)50-46(49(54)55)44-60-61(56,57)59-43-45(51)42-58-48(53)41-39-37-35-33-31-29-18-16-14-12-10-8-6-4-2/h5,7,10-13,16-19,21-22,24-25,27-28,32,34,45-46,51H,3-4,6,8-9,14-15,20,23,26,29-31,33,35-44H2,1-2H3,(H,50,52)(H,54,55)(H,56,57)/b7-5-,12-10-,13-11-,18-16-,19-17-,22-21-,25-24-,28-27-,34-32-. The SMILES string of the molecule is CC/C=C\C/C=C\C/C=C\C/C=C\C/C=C\C/C=C\C/C=C\CCCC(=O)NC(COP(=O)(O)OCC(O)COC(=O)CCCCCCC/C=C\C/C=C\CCCC)C(=O)O. The van der Waals surface area contributed by atoms with Crippen LogP contribution in [0.4, 0.5) is 0 Å². The van der Waals surface area contributed by atoms with Gasteiger partial charge in [-0.2, -0.15) is 0 Å². The maximum absolute atomic E-state index is 12.3. The van der Waals surface area contributed by atoms with Crippen LogP contribution in [-0.2, 0) is 32.7 Å². The maximum Gasteiger partial charge on any atom is 0.472 e. The van der Waals surface area contributed by atoms with E-state index in [0.29, 0.717) is 19.3 Å². The van der Waals surface area contributed by atoms with E-state index in [1.165, 1.54) is 12.8 Å². The highest BCUT2D eigenvalue weighted by molar-refractivity contribution is 7.47. The Balaban J connectivity index is 4.05. The highest BCUT2D eigenvalue weighted by atomic mass is 31.2. The van der Waals surface area contributed by atoms with Crippen molar-refractivity contribution >= 4 is 25.7 Å². The highest BCUT2D eigenvalue weighted by Gasteiger charge is 2.28. The summed E-state index contributed by atoms with van der Waals surface area (Å²) in [5.41, 5.74) is 0. The Labute approximate surface area is 367 Å². The second-order valence-corrected chi connectivity index (χ2v) is 16.0. The van der Waals surface area contributed by atoms with Gasteiger partial charge in [0.05, 0.1) is 13.2 Å². The van der Waals surface area contributed by atoms with Gasteiger partial charge < -0.3 is 25.2 Å². The summed E-state index contributed by atoms with van der Waals surface area (Å²) in [4.78, 5) is 45.9. The third kappa shape index (κ3) is 42.6. The van der Waals surface area contributed by atoms with Crippen LogP contribution >= 0.6 is 7.82 Å². The van der Waals surface area contributed by atoms with Gasteiger partial charge in [0.1, 0.15) is 12.7 Å². The van der Waals surface area contributed by atoms with Gasteiger partial charge in [0.25, 0.3) is 0 Å². The summed E-state index contributed by atoms with van der Waals surface area (Å²) in [6.07, 6.45) is 55.5. The van der Waals surface area contributed by atoms with Crippen LogP contribution in [0, 0.1) is 0 Å². The van der Waals surface area contributed by atoms with Crippen LogP contribution in [0.2, 0.25) is 0 Å². The van der Waals surface area contributed by atoms with Crippen LogP contribution < -0.4 is 5.32 Å². The molecule has 0 aromatic heterocycles. The predicted molar refractivity (Wildman–Crippen MR) is 249 cm³/mol. The Bertz CT molecular complexity index is 1440. The van der Waals surface area contributed by atoms with E-state index in [0.717, 1.165) is 89.9 Å². The summed E-state index contributed by atoms with van der Waals surface area (Å²) < 4.78 is 26.8. The molecule has 0 aliphatic rings. The van der Waals surface area contributed by atoms with Crippen molar-refractivity contribution in [2.75, 3.05) is 19.8 Å². The molecule has 3 unspecified atom stereocenters. The van der Waals surface area contributed by atoms with Crippen LogP contribution in [0.25, 0.3) is 0 Å². The zero-order valence-corrected chi connectivity index (χ0v) is 38.1. The summed E-state index contributed by atoms with van der Waals surface area (Å²) in [6.45, 7) is 2.36. The lowest BCUT2D eigenvalue weighted by molar-refractivity contribution is -0.147. The molecule has 0 aromatic rings. The van der Waals surface area contributed by atoms with E-state index in [-0.39, 0.29) is 12.8 Å². The smallest absolute Gasteiger partial charge is 0.472 e. The molecule has 0 bridgehead atoms. The number of aliphatic hydroxyl groups excluding tert-OH is 1. The number of carboxylic acids is 1. The summed E-state index contributed by atoms with van der Waals surface area (Å²) >= 11 is 0. The van der Waals surface area contributed by atoms with Gasteiger partial charge in [-0.1, -0.05) is 155 Å². The molecule has 0 rings (SSSR count). The van der Waals surface area contributed by atoms with Gasteiger partial charge in [0.2, 0.25) is 5.91 Å². The number of aliphatic hydroxyl groups is 1. The highest BCUT2D eigenvalue weighted by Crippen LogP contribution is 2.43. The molecule has 0 aliphatic carbocycles. The number of allylic oxidation sites excluding steroid dienone is 18. The van der Waals surface area contributed by atoms with Crippen molar-refractivity contribution in [1.29, 1.82) is 0 Å². The fraction of sp³-hybridized carbons (Fsp3) is 0.571. The topological polar surface area (TPSA) is 169 Å². The Morgan fingerprint density at radius 2 is 0.967 bits per heavy atom. The molecule has 344 valence electrons. The van der Waals surface area contributed by atoms with Crippen LogP contribution in [0.15, 0.2) is 109 Å². The molecular formula is C49H78NO10P. The number of esters is 1. The van der Waals surface area contributed by atoms with Crippen molar-refractivity contribution < 1.29 is 47.8 Å². The van der Waals surface area contributed by atoms with Crippen LogP contribution in [0.5, 0.6) is 0 Å². The molecule has 0 aromatic carbocycles. The predicted octanol–water partition coefficient (Wildman–Crippen LogP) is 11.8. The zero-order valence-electron chi connectivity index (χ0n) is 37.2. The Kier molecular flexibility index (Phi) is 40.1. The van der Waals surface area contributed by atoms with Crippen molar-refractivity contribution in [3.05, 3.63) is 109 Å². The number of phosphoric ester groups is 1. The van der Waals surface area contributed by atoms with Crippen molar-refractivity contribution in [3.63, 3.8) is 0 Å². The number of unbranched alkanes of at least 4 members (excludes halogenated alkanes) is 8. The van der Waals surface area contributed by atoms with E-state index in [4.69, 9.17) is 13.8 Å². The molecule has 12 heteroatoms.